The first-order valence-corrected chi connectivity index (χ1v) is 5.70. The number of hydrogen-bond acceptors (Lipinski definition) is 5. The molecular formula is C12H11ClN4O2. The van der Waals surface area contributed by atoms with Crippen LogP contribution in [0.3, 0.4) is 0 Å². The first kappa shape index (κ1) is 13.1. The number of hydrogen-bond donors (Lipinski definition) is 2. The second-order valence-electron chi connectivity index (χ2n) is 3.63. The maximum atomic E-state index is 11.9. The van der Waals surface area contributed by atoms with Crippen LogP contribution in [0.4, 0.5) is 11.5 Å². The Hall–Kier alpha value is -2.34. The highest BCUT2D eigenvalue weighted by Crippen LogP contribution is 2.26. The zero-order valence-corrected chi connectivity index (χ0v) is 10.8. The molecule has 0 fully saturated rings. The molecule has 19 heavy (non-hydrogen) atoms. The number of carbonyl (C=O) groups excluding carboxylic acids is 1. The molecule has 0 saturated heterocycles. The predicted octanol–water partition coefficient (Wildman–Crippen LogP) is 1.97. The number of rotatable bonds is 3. The van der Waals surface area contributed by atoms with Crippen LogP contribution in [-0.4, -0.2) is 23.0 Å². The molecule has 0 bridgehead atoms. The monoisotopic (exact) mass is 278 g/mol. The summed E-state index contributed by atoms with van der Waals surface area (Å²) in [5.41, 5.74) is 6.00. The fourth-order valence-corrected chi connectivity index (χ4v) is 1.57. The van der Waals surface area contributed by atoms with Crippen molar-refractivity contribution in [2.24, 2.45) is 0 Å². The highest BCUT2D eigenvalue weighted by molar-refractivity contribution is 6.34. The molecule has 2 aromatic rings. The Morgan fingerprint density at radius 3 is 2.89 bits per heavy atom. The van der Waals surface area contributed by atoms with Crippen molar-refractivity contribution in [3.05, 3.63) is 41.3 Å². The van der Waals surface area contributed by atoms with Crippen LogP contribution in [0, 0.1) is 0 Å². The fourth-order valence-electron chi connectivity index (χ4n) is 1.40. The number of amides is 1. The smallest absolute Gasteiger partial charge is 0.275 e. The summed E-state index contributed by atoms with van der Waals surface area (Å²) in [6.45, 7) is 0. The highest BCUT2D eigenvalue weighted by Gasteiger charge is 2.11. The molecule has 0 aliphatic rings. The molecule has 1 heterocycles. The van der Waals surface area contributed by atoms with E-state index >= 15 is 0 Å². The molecule has 1 amide bonds. The number of nitrogens with zero attached hydrogens (tertiary/aromatic N) is 2. The lowest BCUT2D eigenvalue weighted by Crippen LogP contribution is -2.15. The fraction of sp³-hybridized carbons (Fsp3) is 0.0833. The normalized spacial score (nSPS) is 10.0. The zero-order valence-electron chi connectivity index (χ0n) is 10.1. The number of ether oxygens (including phenoxy) is 1. The molecule has 0 aliphatic carbocycles. The van der Waals surface area contributed by atoms with E-state index in [1.54, 1.807) is 18.2 Å². The first-order chi connectivity index (χ1) is 9.10. The van der Waals surface area contributed by atoms with Gasteiger partial charge in [0.25, 0.3) is 5.91 Å². The van der Waals surface area contributed by atoms with Crippen LogP contribution in [-0.2, 0) is 0 Å². The summed E-state index contributed by atoms with van der Waals surface area (Å²) < 4.78 is 5.06. The van der Waals surface area contributed by atoms with E-state index < -0.39 is 5.91 Å². The van der Waals surface area contributed by atoms with Crippen molar-refractivity contribution in [3.8, 4) is 5.75 Å². The lowest BCUT2D eigenvalue weighted by molar-refractivity contribution is 0.102. The molecule has 7 heteroatoms. The van der Waals surface area contributed by atoms with Gasteiger partial charge in [0.2, 0.25) is 0 Å². The minimum absolute atomic E-state index is 0.110. The van der Waals surface area contributed by atoms with E-state index in [0.29, 0.717) is 16.5 Å². The van der Waals surface area contributed by atoms with Gasteiger partial charge in [-0.3, -0.25) is 9.78 Å². The maximum Gasteiger partial charge on any atom is 0.275 e. The van der Waals surface area contributed by atoms with Gasteiger partial charge in [-0.1, -0.05) is 11.6 Å². The highest BCUT2D eigenvalue weighted by atomic mass is 35.5. The van der Waals surface area contributed by atoms with Crippen molar-refractivity contribution < 1.29 is 9.53 Å². The average molecular weight is 279 g/mol. The SMILES string of the molecule is COc1ccc(Cl)c(NC(=O)c2cncc(N)n2)c1. The molecule has 0 spiro atoms. The molecule has 0 radical (unpaired) electrons. The molecule has 0 unspecified atom stereocenters. The number of methoxy groups -OCH3 is 1. The van der Waals surface area contributed by atoms with Crippen molar-refractivity contribution in [2.75, 3.05) is 18.2 Å². The minimum atomic E-state index is -0.449. The summed E-state index contributed by atoms with van der Waals surface area (Å²) in [5.74, 6) is 0.303. The molecule has 1 aromatic heterocycles. The summed E-state index contributed by atoms with van der Waals surface area (Å²) in [6, 6.07) is 4.93. The van der Waals surface area contributed by atoms with Crippen LogP contribution in [0.25, 0.3) is 0 Å². The van der Waals surface area contributed by atoms with E-state index in [9.17, 15) is 4.79 Å². The number of nitrogens with two attached hydrogens (primary N) is 1. The van der Waals surface area contributed by atoms with E-state index in [2.05, 4.69) is 15.3 Å². The quantitative estimate of drug-likeness (QED) is 0.896. The molecule has 98 valence electrons. The largest absolute Gasteiger partial charge is 0.497 e. The Balaban J connectivity index is 2.23. The Morgan fingerprint density at radius 2 is 2.21 bits per heavy atom. The van der Waals surface area contributed by atoms with Crippen LogP contribution < -0.4 is 15.8 Å². The summed E-state index contributed by atoms with van der Waals surface area (Å²) in [4.78, 5) is 19.6. The standard InChI is InChI=1S/C12H11ClN4O2/c1-19-7-2-3-8(13)9(4-7)17-12(18)10-5-15-6-11(14)16-10/h2-6H,1H3,(H2,14,16)(H,17,18). The molecule has 0 atom stereocenters. The van der Waals surface area contributed by atoms with Crippen LogP contribution in [0.2, 0.25) is 5.02 Å². The third-order valence-corrected chi connectivity index (χ3v) is 2.64. The van der Waals surface area contributed by atoms with Gasteiger partial charge in [0.05, 0.1) is 30.2 Å². The Labute approximate surface area is 114 Å². The number of nitrogens with one attached hydrogen (secondary N) is 1. The topological polar surface area (TPSA) is 90.1 Å². The summed E-state index contributed by atoms with van der Waals surface area (Å²) in [7, 11) is 1.53. The van der Waals surface area contributed by atoms with Crippen LogP contribution in [0.5, 0.6) is 5.75 Å². The molecule has 2 rings (SSSR count). The summed E-state index contributed by atoms with van der Waals surface area (Å²) in [5, 5.41) is 3.01. The van der Waals surface area contributed by atoms with Gasteiger partial charge < -0.3 is 15.8 Å². The van der Waals surface area contributed by atoms with Crippen LogP contribution in [0.1, 0.15) is 10.5 Å². The number of carbonyl (C=O) groups is 1. The molecule has 3 N–H and O–H groups in total. The Kier molecular flexibility index (Phi) is 3.82. The van der Waals surface area contributed by atoms with Gasteiger partial charge in [-0.05, 0) is 12.1 Å². The number of benzene rings is 1. The van der Waals surface area contributed by atoms with Gasteiger partial charge in [-0.25, -0.2) is 4.98 Å². The predicted molar refractivity (Wildman–Crippen MR) is 72.4 cm³/mol. The third-order valence-electron chi connectivity index (χ3n) is 2.31. The van der Waals surface area contributed by atoms with Crippen molar-refractivity contribution >= 4 is 29.0 Å². The summed E-state index contributed by atoms with van der Waals surface area (Å²) >= 11 is 5.98. The Bertz CT molecular complexity index is 618. The van der Waals surface area contributed by atoms with Crippen LogP contribution >= 0.6 is 11.6 Å². The number of aromatic nitrogens is 2. The van der Waals surface area contributed by atoms with Gasteiger partial charge in [0.15, 0.2) is 0 Å². The van der Waals surface area contributed by atoms with Gasteiger partial charge in [0.1, 0.15) is 17.3 Å². The van der Waals surface area contributed by atoms with Crippen molar-refractivity contribution in [1.82, 2.24) is 9.97 Å². The lowest BCUT2D eigenvalue weighted by Gasteiger charge is -2.08. The van der Waals surface area contributed by atoms with Gasteiger partial charge in [0, 0.05) is 6.07 Å². The number of halogens is 1. The van der Waals surface area contributed by atoms with Gasteiger partial charge in [-0.15, -0.1) is 0 Å². The molecule has 0 saturated carbocycles. The van der Waals surface area contributed by atoms with Crippen molar-refractivity contribution in [3.63, 3.8) is 0 Å². The minimum Gasteiger partial charge on any atom is -0.497 e. The lowest BCUT2D eigenvalue weighted by atomic mass is 10.3. The van der Waals surface area contributed by atoms with E-state index in [1.807, 2.05) is 0 Å². The average Bonchev–Trinajstić information content (AvgIpc) is 2.41. The molecule has 0 aliphatic heterocycles. The van der Waals surface area contributed by atoms with E-state index in [1.165, 1.54) is 19.5 Å². The van der Waals surface area contributed by atoms with E-state index in [-0.39, 0.29) is 11.5 Å². The van der Waals surface area contributed by atoms with Crippen molar-refractivity contribution in [2.45, 2.75) is 0 Å². The van der Waals surface area contributed by atoms with Gasteiger partial charge in [-0.2, -0.15) is 0 Å². The Morgan fingerprint density at radius 1 is 1.42 bits per heavy atom. The molecule has 6 nitrogen and oxygen atoms in total. The number of anilines is 2. The number of nitrogen functional groups attached to an aromatic ring is 1. The second-order valence-corrected chi connectivity index (χ2v) is 4.04. The van der Waals surface area contributed by atoms with E-state index in [4.69, 9.17) is 22.1 Å². The third kappa shape index (κ3) is 3.11. The second kappa shape index (κ2) is 5.53. The van der Waals surface area contributed by atoms with E-state index in [0.717, 1.165) is 0 Å². The summed E-state index contributed by atoms with van der Waals surface area (Å²) in [6.07, 6.45) is 2.68. The molecule has 1 aromatic carbocycles. The first-order valence-electron chi connectivity index (χ1n) is 5.32. The van der Waals surface area contributed by atoms with Crippen molar-refractivity contribution in [1.29, 1.82) is 0 Å². The maximum absolute atomic E-state index is 11.9. The zero-order chi connectivity index (χ0) is 13.8. The molecular weight excluding hydrogens is 268 g/mol. The van der Waals surface area contributed by atoms with Gasteiger partial charge >= 0.3 is 0 Å². The van der Waals surface area contributed by atoms with Crippen LogP contribution in [0.15, 0.2) is 30.6 Å².